The molecule has 3 heterocycles. The molecule has 150 valence electrons. The van der Waals surface area contributed by atoms with Crippen molar-refractivity contribution in [3.05, 3.63) is 52.0 Å². The summed E-state index contributed by atoms with van der Waals surface area (Å²) in [6.45, 7) is 6.28. The van der Waals surface area contributed by atoms with Gasteiger partial charge in [0.2, 0.25) is 6.29 Å². The van der Waals surface area contributed by atoms with Gasteiger partial charge in [0.25, 0.3) is 0 Å². The van der Waals surface area contributed by atoms with Gasteiger partial charge in [-0.05, 0) is 44.2 Å². The number of benzene rings is 2. The summed E-state index contributed by atoms with van der Waals surface area (Å²) in [5.41, 5.74) is 3.47. The molecule has 0 saturated carbocycles. The first-order valence-corrected chi connectivity index (χ1v) is 10.9. The van der Waals surface area contributed by atoms with Gasteiger partial charge in [0.15, 0.2) is 0 Å². The van der Waals surface area contributed by atoms with Crippen LogP contribution in [0.2, 0.25) is 5.02 Å². The number of ether oxygens (including phenoxy) is 1. The number of anilines is 1. The highest BCUT2D eigenvalue weighted by Gasteiger charge is 2.27. The van der Waals surface area contributed by atoms with Gasteiger partial charge in [-0.15, -0.1) is 11.3 Å². The Morgan fingerprint density at radius 1 is 1.21 bits per heavy atom. The number of halogens is 1. The van der Waals surface area contributed by atoms with Crippen molar-refractivity contribution in [1.29, 1.82) is 0 Å². The van der Waals surface area contributed by atoms with Crippen LogP contribution in [0.5, 0.6) is 5.75 Å². The quantitative estimate of drug-likeness (QED) is 0.635. The molecule has 1 fully saturated rings. The number of rotatable bonds is 2. The fourth-order valence-corrected chi connectivity index (χ4v) is 5.40. The van der Waals surface area contributed by atoms with Crippen LogP contribution >= 0.6 is 22.9 Å². The molecule has 3 unspecified atom stereocenters. The van der Waals surface area contributed by atoms with Crippen molar-refractivity contribution in [3.8, 4) is 5.75 Å². The summed E-state index contributed by atoms with van der Waals surface area (Å²) in [6, 6.07) is 12.8. The summed E-state index contributed by atoms with van der Waals surface area (Å²) >= 11 is 7.76. The molecule has 5 nitrogen and oxygen atoms in total. The van der Waals surface area contributed by atoms with Crippen molar-refractivity contribution < 1.29 is 9.84 Å². The zero-order valence-corrected chi connectivity index (χ0v) is 17.8. The molecule has 2 N–H and O–H groups in total. The van der Waals surface area contributed by atoms with Crippen LogP contribution in [0.1, 0.15) is 24.4 Å². The SMILES string of the molecule is CC1CN(c2ccc3c(c2)OC(O)C(c2nc4c(Cl)cccc4s2)=C3)CC(C)N1. The largest absolute Gasteiger partial charge is 0.460 e. The van der Waals surface area contributed by atoms with E-state index in [4.69, 9.17) is 16.3 Å². The minimum Gasteiger partial charge on any atom is -0.460 e. The number of aromatic nitrogens is 1. The molecule has 3 atom stereocenters. The summed E-state index contributed by atoms with van der Waals surface area (Å²) in [4.78, 5) is 6.99. The lowest BCUT2D eigenvalue weighted by atomic mass is 10.0. The third kappa shape index (κ3) is 3.51. The number of hydrogen-bond acceptors (Lipinski definition) is 6. The fraction of sp³-hybridized carbons (Fsp3) is 0.318. The van der Waals surface area contributed by atoms with E-state index >= 15 is 0 Å². The van der Waals surface area contributed by atoms with Crippen molar-refractivity contribution in [2.75, 3.05) is 18.0 Å². The molecule has 29 heavy (non-hydrogen) atoms. The van der Waals surface area contributed by atoms with Crippen LogP contribution < -0.4 is 15.0 Å². The predicted octanol–water partition coefficient (Wildman–Crippen LogP) is 4.39. The second kappa shape index (κ2) is 7.29. The smallest absolute Gasteiger partial charge is 0.227 e. The van der Waals surface area contributed by atoms with Gasteiger partial charge in [0, 0.05) is 42.5 Å². The van der Waals surface area contributed by atoms with Crippen LogP contribution in [-0.2, 0) is 0 Å². The molecule has 2 aliphatic heterocycles. The molecule has 5 rings (SSSR count). The third-order valence-corrected chi connectivity index (χ3v) is 6.73. The molecule has 7 heteroatoms. The monoisotopic (exact) mass is 427 g/mol. The lowest BCUT2D eigenvalue weighted by Gasteiger charge is -2.38. The Kier molecular flexibility index (Phi) is 4.75. The number of nitrogens with one attached hydrogen (secondary N) is 1. The van der Waals surface area contributed by atoms with Crippen molar-refractivity contribution >= 4 is 50.5 Å². The van der Waals surface area contributed by atoms with Crippen LogP contribution in [0.25, 0.3) is 21.9 Å². The molecule has 0 amide bonds. The normalized spacial score (nSPS) is 24.2. The Bertz CT molecular complexity index is 1100. The molecule has 0 bridgehead atoms. The highest BCUT2D eigenvalue weighted by Crippen LogP contribution is 2.39. The topological polar surface area (TPSA) is 57.6 Å². The summed E-state index contributed by atoms with van der Waals surface area (Å²) in [7, 11) is 0. The summed E-state index contributed by atoms with van der Waals surface area (Å²) in [6.07, 6.45) is 0.903. The van der Waals surface area contributed by atoms with Gasteiger partial charge in [-0.1, -0.05) is 17.7 Å². The van der Waals surface area contributed by atoms with E-state index in [0.717, 1.165) is 39.6 Å². The van der Waals surface area contributed by atoms with E-state index in [1.807, 2.05) is 36.4 Å². The molecular formula is C22H22ClN3O2S. The van der Waals surface area contributed by atoms with Gasteiger partial charge in [-0.3, -0.25) is 0 Å². The van der Waals surface area contributed by atoms with Gasteiger partial charge in [0.1, 0.15) is 16.3 Å². The molecular weight excluding hydrogens is 406 g/mol. The van der Waals surface area contributed by atoms with Crippen molar-refractivity contribution in [2.45, 2.75) is 32.2 Å². The van der Waals surface area contributed by atoms with E-state index in [2.05, 4.69) is 35.1 Å². The lowest BCUT2D eigenvalue weighted by molar-refractivity contribution is 0.0320. The first kappa shape index (κ1) is 18.9. The molecule has 0 spiro atoms. The Morgan fingerprint density at radius 3 is 2.76 bits per heavy atom. The van der Waals surface area contributed by atoms with Crippen LogP contribution in [-0.4, -0.2) is 41.6 Å². The zero-order chi connectivity index (χ0) is 20.1. The number of hydrogen-bond donors (Lipinski definition) is 2. The molecule has 1 saturated heterocycles. The minimum atomic E-state index is -1.06. The number of aliphatic hydroxyl groups is 1. The summed E-state index contributed by atoms with van der Waals surface area (Å²) < 4.78 is 6.88. The fourth-order valence-electron chi connectivity index (χ4n) is 4.11. The molecule has 0 radical (unpaired) electrons. The van der Waals surface area contributed by atoms with Gasteiger partial charge < -0.3 is 20.1 Å². The van der Waals surface area contributed by atoms with Crippen molar-refractivity contribution in [1.82, 2.24) is 10.3 Å². The van der Waals surface area contributed by atoms with E-state index in [-0.39, 0.29) is 0 Å². The van der Waals surface area contributed by atoms with Gasteiger partial charge >= 0.3 is 0 Å². The maximum Gasteiger partial charge on any atom is 0.227 e. The Hall–Kier alpha value is -2.12. The number of aliphatic hydroxyl groups excluding tert-OH is 1. The number of fused-ring (bicyclic) bond motifs is 2. The van der Waals surface area contributed by atoms with Gasteiger partial charge in [-0.2, -0.15) is 0 Å². The van der Waals surface area contributed by atoms with Crippen LogP contribution in [0.4, 0.5) is 5.69 Å². The first-order valence-electron chi connectivity index (χ1n) is 9.75. The van der Waals surface area contributed by atoms with E-state index in [1.165, 1.54) is 11.3 Å². The lowest BCUT2D eigenvalue weighted by Crippen LogP contribution is -2.54. The van der Waals surface area contributed by atoms with E-state index in [0.29, 0.717) is 28.4 Å². The molecule has 1 aromatic heterocycles. The highest BCUT2D eigenvalue weighted by atomic mass is 35.5. The average molecular weight is 428 g/mol. The molecule has 0 aliphatic carbocycles. The molecule has 2 aromatic carbocycles. The Labute approximate surface area is 178 Å². The highest BCUT2D eigenvalue weighted by molar-refractivity contribution is 7.19. The van der Waals surface area contributed by atoms with Crippen molar-refractivity contribution in [2.24, 2.45) is 0 Å². The number of thiazole rings is 1. The maximum atomic E-state index is 10.7. The van der Waals surface area contributed by atoms with E-state index in [1.54, 1.807) is 0 Å². The predicted molar refractivity (Wildman–Crippen MR) is 120 cm³/mol. The van der Waals surface area contributed by atoms with Crippen LogP contribution in [0, 0.1) is 0 Å². The van der Waals surface area contributed by atoms with Crippen molar-refractivity contribution in [3.63, 3.8) is 0 Å². The van der Waals surface area contributed by atoms with Gasteiger partial charge in [0.05, 0.1) is 15.3 Å². The van der Waals surface area contributed by atoms with Crippen LogP contribution in [0.3, 0.4) is 0 Å². The molecule has 2 aliphatic rings. The van der Waals surface area contributed by atoms with Gasteiger partial charge in [-0.25, -0.2) is 4.98 Å². The molecule has 3 aromatic rings. The zero-order valence-electron chi connectivity index (χ0n) is 16.2. The number of para-hydroxylation sites is 1. The second-order valence-corrected chi connectivity index (χ2v) is 9.21. The first-order chi connectivity index (χ1) is 14.0. The second-order valence-electron chi connectivity index (χ2n) is 7.77. The summed E-state index contributed by atoms with van der Waals surface area (Å²) in [5.74, 6) is 0.691. The third-order valence-electron chi connectivity index (χ3n) is 5.35. The average Bonchev–Trinajstić information content (AvgIpc) is 3.11. The summed E-state index contributed by atoms with van der Waals surface area (Å²) in [5, 5.41) is 15.6. The Morgan fingerprint density at radius 2 is 2.00 bits per heavy atom. The van der Waals surface area contributed by atoms with Crippen LogP contribution in [0.15, 0.2) is 36.4 Å². The Balaban J connectivity index is 1.49. The standard InChI is InChI=1S/C22H22ClN3O2S/c1-12-10-26(11-13(2)24-12)15-7-6-14-8-16(22(27)28-18(14)9-15)21-25-20-17(23)4-3-5-19(20)29-21/h3-9,12-13,22,24,27H,10-11H2,1-2H3. The van der Waals surface area contributed by atoms with E-state index < -0.39 is 6.29 Å². The van der Waals surface area contributed by atoms with E-state index in [9.17, 15) is 5.11 Å². The number of piperazine rings is 1. The minimum absolute atomic E-state index is 0.429. The maximum absolute atomic E-state index is 10.7. The number of nitrogens with zero attached hydrogens (tertiary/aromatic N) is 2.